The molecule has 0 aliphatic rings. The Morgan fingerprint density at radius 2 is 1.96 bits per heavy atom. The van der Waals surface area contributed by atoms with Crippen molar-refractivity contribution in [3.05, 3.63) is 53.7 Å². The minimum absolute atomic E-state index is 0.179. The summed E-state index contributed by atoms with van der Waals surface area (Å²) < 4.78 is 64.5. The SMILES string of the molecule is CN(CC(=O)O)Cc1cccc(NS(=O)(=O)c2ccc(C(F)(F)F)cn2)c1. The maximum Gasteiger partial charge on any atom is 0.417 e. The van der Waals surface area contributed by atoms with Crippen LogP contribution in [0.1, 0.15) is 11.1 Å². The molecule has 2 rings (SSSR count). The maximum atomic E-state index is 12.5. The smallest absolute Gasteiger partial charge is 0.417 e. The van der Waals surface area contributed by atoms with Crippen molar-refractivity contribution < 1.29 is 31.5 Å². The number of carboxylic acids is 1. The highest BCUT2D eigenvalue weighted by Gasteiger charge is 2.31. The Morgan fingerprint density at radius 3 is 2.52 bits per heavy atom. The number of hydrogen-bond donors (Lipinski definition) is 2. The molecule has 0 bridgehead atoms. The van der Waals surface area contributed by atoms with Gasteiger partial charge in [0.25, 0.3) is 10.0 Å². The third kappa shape index (κ3) is 5.93. The van der Waals surface area contributed by atoms with Gasteiger partial charge in [-0.15, -0.1) is 0 Å². The van der Waals surface area contributed by atoms with Crippen LogP contribution in [0.15, 0.2) is 47.6 Å². The standard InChI is InChI=1S/C16H16F3N3O4S/c1-22(10-15(23)24)9-11-3-2-4-13(7-11)21-27(25,26)14-6-5-12(8-20-14)16(17,18)19/h2-8,21H,9-10H2,1H3,(H,23,24). The van der Waals surface area contributed by atoms with E-state index in [9.17, 15) is 26.4 Å². The second-order valence-corrected chi connectivity index (χ2v) is 7.38. The lowest BCUT2D eigenvalue weighted by molar-refractivity contribution is -0.138. The fraction of sp³-hybridized carbons (Fsp3) is 0.250. The highest BCUT2D eigenvalue weighted by atomic mass is 32.2. The molecule has 0 spiro atoms. The van der Waals surface area contributed by atoms with Crippen molar-refractivity contribution in [1.82, 2.24) is 9.88 Å². The van der Waals surface area contributed by atoms with E-state index in [1.165, 1.54) is 17.0 Å². The number of carboxylic acid groups (broad SMARTS) is 1. The number of pyridine rings is 1. The van der Waals surface area contributed by atoms with Crippen LogP contribution >= 0.6 is 0 Å². The van der Waals surface area contributed by atoms with Crippen LogP contribution in [-0.4, -0.2) is 43.0 Å². The molecule has 7 nitrogen and oxygen atoms in total. The van der Waals surface area contributed by atoms with Gasteiger partial charge < -0.3 is 5.11 Å². The molecule has 1 aromatic carbocycles. The van der Waals surface area contributed by atoms with Gasteiger partial charge in [0.05, 0.1) is 12.1 Å². The van der Waals surface area contributed by atoms with E-state index in [0.29, 0.717) is 17.8 Å². The summed E-state index contributed by atoms with van der Waals surface area (Å²) in [5, 5.41) is 8.20. The zero-order valence-corrected chi connectivity index (χ0v) is 14.9. The van der Waals surface area contributed by atoms with Crippen LogP contribution in [0, 0.1) is 0 Å². The van der Waals surface area contributed by atoms with Gasteiger partial charge in [0, 0.05) is 18.4 Å². The number of sulfonamides is 1. The van der Waals surface area contributed by atoms with Gasteiger partial charge in [-0.1, -0.05) is 12.1 Å². The number of likely N-dealkylation sites (N-methyl/N-ethyl adjacent to an activating group) is 1. The quantitative estimate of drug-likeness (QED) is 0.737. The van der Waals surface area contributed by atoms with Crippen molar-refractivity contribution in [3.63, 3.8) is 0 Å². The van der Waals surface area contributed by atoms with Crippen LogP contribution in [0.2, 0.25) is 0 Å². The molecule has 0 atom stereocenters. The molecule has 2 aromatic rings. The molecule has 0 aliphatic heterocycles. The first-order valence-electron chi connectivity index (χ1n) is 7.53. The normalized spacial score (nSPS) is 12.2. The van der Waals surface area contributed by atoms with Crippen LogP contribution < -0.4 is 4.72 Å². The number of aliphatic carboxylic acids is 1. The summed E-state index contributed by atoms with van der Waals surface area (Å²) in [6.45, 7) is 0.0752. The largest absolute Gasteiger partial charge is 0.480 e. The molecule has 0 radical (unpaired) electrons. The lowest BCUT2D eigenvalue weighted by atomic mass is 10.2. The van der Waals surface area contributed by atoms with Crippen LogP contribution in [0.4, 0.5) is 18.9 Å². The number of benzene rings is 1. The first kappa shape index (κ1) is 20.6. The minimum atomic E-state index is -4.61. The van der Waals surface area contributed by atoms with Crippen molar-refractivity contribution in [2.75, 3.05) is 18.3 Å². The third-order valence-electron chi connectivity index (χ3n) is 3.38. The van der Waals surface area contributed by atoms with Gasteiger partial charge in [-0.25, -0.2) is 4.98 Å². The number of halogens is 3. The summed E-state index contributed by atoms with van der Waals surface area (Å²) in [4.78, 5) is 15.6. The molecule has 0 unspecified atom stereocenters. The van der Waals surface area contributed by atoms with E-state index in [1.807, 2.05) is 0 Å². The molecule has 11 heteroatoms. The number of anilines is 1. The summed E-state index contributed by atoms with van der Waals surface area (Å²) in [5.74, 6) is -0.997. The summed E-state index contributed by atoms with van der Waals surface area (Å²) >= 11 is 0. The minimum Gasteiger partial charge on any atom is -0.480 e. The number of nitrogens with one attached hydrogen (secondary N) is 1. The Morgan fingerprint density at radius 1 is 1.26 bits per heavy atom. The zero-order valence-electron chi connectivity index (χ0n) is 14.1. The summed E-state index contributed by atoms with van der Waals surface area (Å²) in [5.41, 5.74) is -0.220. The Kier molecular flexibility index (Phi) is 6.06. The van der Waals surface area contributed by atoms with Crippen LogP contribution in [-0.2, 0) is 27.5 Å². The molecule has 146 valence electrons. The van der Waals surface area contributed by atoms with Gasteiger partial charge in [-0.05, 0) is 36.9 Å². The third-order valence-corrected chi connectivity index (χ3v) is 4.67. The van der Waals surface area contributed by atoms with Crippen LogP contribution in [0.5, 0.6) is 0 Å². The fourth-order valence-corrected chi connectivity index (χ4v) is 3.23. The van der Waals surface area contributed by atoms with Crippen molar-refractivity contribution >= 4 is 21.7 Å². The molecule has 1 heterocycles. The molecule has 0 saturated heterocycles. The van der Waals surface area contributed by atoms with E-state index < -0.39 is 32.8 Å². The van der Waals surface area contributed by atoms with Gasteiger partial charge in [0.1, 0.15) is 0 Å². The van der Waals surface area contributed by atoms with Crippen molar-refractivity contribution in [3.8, 4) is 0 Å². The van der Waals surface area contributed by atoms with Gasteiger partial charge >= 0.3 is 12.1 Å². The molecule has 0 amide bonds. The van der Waals surface area contributed by atoms with E-state index in [4.69, 9.17) is 5.11 Å². The van der Waals surface area contributed by atoms with Crippen molar-refractivity contribution in [2.24, 2.45) is 0 Å². The monoisotopic (exact) mass is 403 g/mol. The molecule has 27 heavy (non-hydrogen) atoms. The number of nitrogens with zero attached hydrogens (tertiary/aromatic N) is 2. The predicted molar refractivity (Wildman–Crippen MR) is 90.5 cm³/mol. The number of aromatic nitrogens is 1. The average molecular weight is 403 g/mol. The molecule has 0 aliphatic carbocycles. The topological polar surface area (TPSA) is 99.6 Å². The van der Waals surface area contributed by atoms with Gasteiger partial charge in [-0.3, -0.25) is 14.4 Å². The molecular weight excluding hydrogens is 387 g/mol. The fourth-order valence-electron chi connectivity index (χ4n) is 2.25. The first-order chi connectivity index (χ1) is 12.5. The Labute approximate surface area is 153 Å². The van der Waals surface area contributed by atoms with E-state index in [2.05, 4.69) is 9.71 Å². The van der Waals surface area contributed by atoms with Gasteiger partial charge in [0.15, 0.2) is 5.03 Å². The zero-order chi connectivity index (χ0) is 20.2. The number of alkyl halides is 3. The number of rotatable bonds is 7. The van der Waals surface area contributed by atoms with Crippen molar-refractivity contribution in [2.45, 2.75) is 17.7 Å². The maximum absolute atomic E-state index is 12.5. The van der Waals surface area contributed by atoms with Crippen LogP contribution in [0.3, 0.4) is 0 Å². The van der Waals surface area contributed by atoms with E-state index in [0.717, 1.165) is 6.07 Å². The lowest BCUT2D eigenvalue weighted by Gasteiger charge is -2.15. The summed E-state index contributed by atoms with van der Waals surface area (Å²) in [7, 11) is -2.58. The highest BCUT2D eigenvalue weighted by molar-refractivity contribution is 7.92. The molecule has 0 saturated carbocycles. The van der Waals surface area contributed by atoms with Gasteiger partial charge in [0.2, 0.25) is 0 Å². The predicted octanol–water partition coefficient (Wildman–Crippen LogP) is 2.42. The summed E-state index contributed by atoms with van der Waals surface area (Å²) in [6.07, 6.45) is -4.16. The van der Waals surface area contributed by atoms with Crippen molar-refractivity contribution in [1.29, 1.82) is 0 Å². The Bertz CT molecular complexity index is 915. The molecule has 0 fully saturated rings. The Balaban J connectivity index is 2.15. The molecule has 2 N–H and O–H groups in total. The number of hydrogen-bond acceptors (Lipinski definition) is 5. The highest BCUT2D eigenvalue weighted by Crippen LogP contribution is 2.29. The second-order valence-electron chi connectivity index (χ2n) is 5.75. The van der Waals surface area contributed by atoms with E-state index in [-0.39, 0.29) is 18.8 Å². The first-order valence-corrected chi connectivity index (χ1v) is 9.01. The average Bonchev–Trinajstić information content (AvgIpc) is 2.53. The van der Waals surface area contributed by atoms with E-state index >= 15 is 0 Å². The van der Waals surface area contributed by atoms with Crippen LogP contribution in [0.25, 0.3) is 0 Å². The van der Waals surface area contributed by atoms with Gasteiger partial charge in [-0.2, -0.15) is 21.6 Å². The molecule has 1 aromatic heterocycles. The Hall–Kier alpha value is -2.66. The lowest BCUT2D eigenvalue weighted by Crippen LogP contribution is -2.25. The summed E-state index contributed by atoms with van der Waals surface area (Å²) in [6, 6.07) is 7.63. The number of carbonyl (C=O) groups is 1. The van der Waals surface area contributed by atoms with E-state index in [1.54, 1.807) is 19.2 Å². The molecular formula is C16H16F3N3O4S. The second kappa shape index (κ2) is 7.92.